The SMILES string of the molecule is Fc1cccc(-c2ccc(B3OB(c4ccc(-c5cccc(F)c5)cc4F)OB(c4ccc(-c5cccc(F)c5)cc4F)O3)c(F)c2)c1. The molecular weight excluding hydrogens is 627 g/mol. The number of rotatable bonds is 6. The number of hydrogen-bond acceptors (Lipinski definition) is 3. The van der Waals surface area contributed by atoms with Crippen LogP contribution in [0.5, 0.6) is 0 Å². The summed E-state index contributed by atoms with van der Waals surface area (Å²) in [4.78, 5) is 0. The molecule has 6 aromatic rings. The number of halogens is 6. The van der Waals surface area contributed by atoms with E-state index in [1.165, 1.54) is 91.0 Å². The Kier molecular flexibility index (Phi) is 8.70. The summed E-state index contributed by atoms with van der Waals surface area (Å²) >= 11 is 0. The lowest BCUT2D eigenvalue weighted by molar-refractivity contribution is 0.306. The first-order valence-corrected chi connectivity index (χ1v) is 14.8. The van der Waals surface area contributed by atoms with Crippen molar-refractivity contribution in [1.29, 1.82) is 0 Å². The van der Waals surface area contributed by atoms with E-state index < -0.39 is 56.3 Å². The molecule has 3 nitrogen and oxygen atoms in total. The van der Waals surface area contributed by atoms with E-state index in [9.17, 15) is 13.2 Å². The lowest BCUT2D eigenvalue weighted by Gasteiger charge is -2.32. The van der Waals surface area contributed by atoms with Crippen LogP contribution in [0.2, 0.25) is 0 Å². The molecule has 0 N–H and O–H groups in total. The Morgan fingerprint density at radius 3 is 0.833 bits per heavy atom. The zero-order valence-electron chi connectivity index (χ0n) is 24.8. The van der Waals surface area contributed by atoms with Gasteiger partial charge in [0, 0.05) is 16.4 Å². The maximum Gasteiger partial charge on any atom is 0.470 e. The van der Waals surface area contributed by atoms with Crippen LogP contribution in [0.1, 0.15) is 0 Å². The van der Waals surface area contributed by atoms with Crippen LogP contribution >= 0.6 is 0 Å². The summed E-state index contributed by atoms with van der Waals surface area (Å²) in [5, 5.41) is 0. The molecule has 0 aliphatic carbocycles. The topological polar surface area (TPSA) is 27.7 Å². The highest BCUT2D eigenvalue weighted by atomic mass is 19.1. The van der Waals surface area contributed by atoms with Crippen molar-refractivity contribution in [2.45, 2.75) is 0 Å². The molecule has 1 aliphatic heterocycles. The van der Waals surface area contributed by atoms with Crippen molar-refractivity contribution >= 4 is 37.7 Å². The van der Waals surface area contributed by atoms with Gasteiger partial charge in [0.05, 0.1) is 0 Å². The predicted octanol–water partition coefficient (Wildman–Crippen LogP) is 7.07. The molecule has 0 bridgehead atoms. The third kappa shape index (κ3) is 6.55. The highest BCUT2D eigenvalue weighted by Gasteiger charge is 2.46. The zero-order chi connectivity index (χ0) is 33.4. The Morgan fingerprint density at radius 2 is 0.583 bits per heavy atom. The maximum absolute atomic E-state index is 15.7. The second kappa shape index (κ2) is 13.2. The highest BCUT2D eigenvalue weighted by Crippen LogP contribution is 2.25. The van der Waals surface area contributed by atoms with Gasteiger partial charge in [-0.1, -0.05) is 72.8 Å². The summed E-state index contributed by atoms with van der Waals surface area (Å²) < 4.78 is 106. The van der Waals surface area contributed by atoms with Gasteiger partial charge in [0.2, 0.25) is 0 Å². The zero-order valence-corrected chi connectivity index (χ0v) is 24.8. The van der Waals surface area contributed by atoms with Gasteiger partial charge in [-0.15, -0.1) is 0 Å². The molecule has 1 heterocycles. The van der Waals surface area contributed by atoms with Gasteiger partial charge in [0.15, 0.2) is 0 Å². The van der Waals surface area contributed by atoms with E-state index in [1.54, 1.807) is 36.4 Å². The van der Waals surface area contributed by atoms with Crippen LogP contribution in [0.15, 0.2) is 127 Å². The second-order valence-electron chi connectivity index (χ2n) is 11.1. The average Bonchev–Trinajstić information content (AvgIpc) is 3.08. The maximum atomic E-state index is 15.7. The van der Waals surface area contributed by atoms with E-state index in [4.69, 9.17) is 13.7 Å². The molecule has 1 saturated heterocycles. The van der Waals surface area contributed by atoms with Crippen LogP contribution < -0.4 is 16.4 Å². The van der Waals surface area contributed by atoms with E-state index in [-0.39, 0.29) is 16.4 Å². The Balaban J connectivity index is 1.25. The van der Waals surface area contributed by atoms with Crippen LogP contribution in [0, 0.1) is 34.9 Å². The molecule has 1 fully saturated rings. The average molecular weight is 648 g/mol. The minimum Gasteiger partial charge on any atom is -0.444 e. The summed E-state index contributed by atoms with van der Waals surface area (Å²) in [7, 11) is -4.50. The molecular formula is C36H21B3F6O3. The fourth-order valence-corrected chi connectivity index (χ4v) is 5.57. The van der Waals surface area contributed by atoms with Gasteiger partial charge in [-0.05, 0) is 88.0 Å². The van der Waals surface area contributed by atoms with Crippen LogP contribution in [-0.2, 0) is 13.7 Å². The summed E-state index contributed by atoms with van der Waals surface area (Å²) in [5.74, 6) is -3.79. The lowest BCUT2D eigenvalue weighted by atomic mass is 9.61. The molecule has 0 saturated carbocycles. The highest BCUT2D eigenvalue weighted by molar-refractivity contribution is 6.87. The Bertz CT molecular complexity index is 1900. The number of hydrogen-bond donors (Lipinski definition) is 0. The van der Waals surface area contributed by atoms with E-state index in [1.807, 2.05) is 0 Å². The Labute approximate surface area is 273 Å². The van der Waals surface area contributed by atoms with Gasteiger partial charge in [0.25, 0.3) is 0 Å². The Morgan fingerprint density at radius 1 is 0.312 bits per heavy atom. The van der Waals surface area contributed by atoms with Crippen molar-refractivity contribution in [1.82, 2.24) is 0 Å². The van der Waals surface area contributed by atoms with Gasteiger partial charge in [-0.2, -0.15) is 0 Å². The lowest BCUT2D eigenvalue weighted by Crippen LogP contribution is -2.62. The molecule has 0 atom stereocenters. The molecule has 6 aromatic carbocycles. The van der Waals surface area contributed by atoms with Crippen molar-refractivity contribution in [2.24, 2.45) is 0 Å². The van der Waals surface area contributed by atoms with E-state index in [2.05, 4.69) is 0 Å². The fourth-order valence-electron chi connectivity index (χ4n) is 5.57. The summed E-state index contributed by atoms with van der Waals surface area (Å²) in [6, 6.07) is 29.3. The van der Waals surface area contributed by atoms with Gasteiger partial charge < -0.3 is 13.7 Å². The van der Waals surface area contributed by atoms with Crippen LogP contribution in [-0.4, -0.2) is 21.4 Å². The third-order valence-corrected chi connectivity index (χ3v) is 7.98. The summed E-state index contributed by atoms with van der Waals surface area (Å²) in [6.07, 6.45) is 0. The Hall–Kier alpha value is -5.03. The first kappa shape index (κ1) is 31.6. The number of benzene rings is 6. The molecule has 0 amide bonds. The molecule has 0 aromatic heterocycles. The molecule has 12 heteroatoms. The van der Waals surface area contributed by atoms with Gasteiger partial charge in [0.1, 0.15) is 34.9 Å². The van der Waals surface area contributed by atoms with E-state index in [0.717, 1.165) is 0 Å². The minimum absolute atomic E-state index is 0.0953. The smallest absolute Gasteiger partial charge is 0.444 e. The van der Waals surface area contributed by atoms with Gasteiger partial charge in [-0.3, -0.25) is 0 Å². The first-order valence-electron chi connectivity index (χ1n) is 14.8. The molecule has 0 spiro atoms. The van der Waals surface area contributed by atoms with Crippen molar-refractivity contribution in [3.05, 3.63) is 162 Å². The first-order chi connectivity index (χ1) is 23.2. The summed E-state index contributed by atoms with van der Waals surface area (Å²) in [5.41, 5.74) is 2.17. The van der Waals surface area contributed by atoms with Crippen LogP contribution in [0.25, 0.3) is 33.4 Å². The monoisotopic (exact) mass is 648 g/mol. The quantitative estimate of drug-likeness (QED) is 0.143. The van der Waals surface area contributed by atoms with Gasteiger partial charge in [-0.25, -0.2) is 26.3 Å². The molecule has 0 radical (unpaired) electrons. The standard InChI is InChI=1S/C36H21B3F6O3/c40-28-7-1-4-22(16-28)25-10-13-31(34(43)19-25)37-46-38(32-14-11-26(20-35(32)44)23-5-2-8-29(41)17-23)48-39(47-37)33-15-12-27(21-36(33)45)24-6-3-9-30(42)18-24/h1-21H. The van der Waals surface area contributed by atoms with Gasteiger partial charge >= 0.3 is 21.4 Å². The molecule has 1 aliphatic rings. The predicted molar refractivity (Wildman–Crippen MR) is 175 cm³/mol. The fraction of sp³-hybridized carbons (Fsp3) is 0. The second-order valence-corrected chi connectivity index (χ2v) is 11.1. The van der Waals surface area contributed by atoms with Crippen molar-refractivity contribution < 1.29 is 40.1 Å². The normalized spacial score (nSPS) is 13.2. The minimum atomic E-state index is -1.50. The van der Waals surface area contributed by atoms with Crippen molar-refractivity contribution in [2.75, 3.05) is 0 Å². The van der Waals surface area contributed by atoms with Crippen molar-refractivity contribution in [3.63, 3.8) is 0 Å². The van der Waals surface area contributed by atoms with Crippen LogP contribution in [0.3, 0.4) is 0 Å². The molecule has 48 heavy (non-hydrogen) atoms. The third-order valence-electron chi connectivity index (χ3n) is 7.98. The molecule has 234 valence electrons. The molecule has 7 rings (SSSR count). The van der Waals surface area contributed by atoms with Crippen LogP contribution in [0.4, 0.5) is 26.3 Å². The van der Waals surface area contributed by atoms with E-state index in [0.29, 0.717) is 33.4 Å². The van der Waals surface area contributed by atoms with E-state index >= 15 is 13.2 Å². The largest absolute Gasteiger partial charge is 0.470 e. The molecule has 0 unspecified atom stereocenters. The summed E-state index contributed by atoms with van der Waals surface area (Å²) in [6.45, 7) is 0. The van der Waals surface area contributed by atoms with Crippen molar-refractivity contribution in [3.8, 4) is 33.4 Å².